The summed E-state index contributed by atoms with van der Waals surface area (Å²) in [4.78, 5) is 0.992. The summed E-state index contributed by atoms with van der Waals surface area (Å²) in [6.45, 7) is 2.81. The molecule has 0 radical (unpaired) electrons. The van der Waals surface area contributed by atoms with E-state index in [1.807, 2.05) is 0 Å². The van der Waals surface area contributed by atoms with Gasteiger partial charge in [0, 0.05) is 21.9 Å². The van der Waals surface area contributed by atoms with E-state index in [-0.39, 0.29) is 5.82 Å². The minimum Gasteiger partial charge on any atom is -0.381 e. The number of hydrogen-bond donors (Lipinski definition) is 2. The topological polar surface area (TPSA) is 38.0 Å². The van der Waals surface area contributed by atoms with Crippen molar-refractivity contribution in [1.82, 2.24) is 0 Å². The van der Waals surface area contributed by atoms with Gasteiger partial charge < -0.3 is 11.1 Å². The molecule has 1 aromatic rings. The number of rotatable bonds is 2. The number of benzene rings is 1. The Balaban J connectivity index is 2.22. The van der Waals surface area contributed by atoms with Crippen molar-refractivity contribution in [1.29, 1.82) is 0 Å². The fourth-order valence-electron chi connectivity index (χ4n) is 1.79. The van der Waals surface area contributed by atoms with Crippen molar-refractivity contribution in [3.63, 3.8) is 0 Å². The molecule has 1 aliphatic heterocycles. The van der Waals surface area contributed by atoms with Gasteiger partial charge in [0.25, 0.3) is 0 Å². The number of nitrogens with two attached hydrogens (primary N) is 1. The second-order valence-corrected chi connectivity index (χ2v) is 5.09. The van der Waals surface area contributed by atoms with Gasteiger partial charge in [-0.1, -0.05) is 0 Å². The van der Waals surface area contributed by atoms with Crippen LogP contribution in [-0.4, -0.2) is 17.8 Å². The van der Waals surface area contributed by atoms with E-state index in [4.69, 9.17) is 5.73 Å². The van der Waals surface area contributed by atoms with Crippen LogP contribution in [0, 0.1) is 5.82 Å². The van der Waals surface area contributed by atoms with Gasteiger partial charge in [-0.2, -0.15) is 0 Å². The average molecular weight is 226 g/mol. The number of halogens is 1. The first-order valence-electron chi connectivity index (χ1n) is 5.13. The molecule has 1 aromatic carbocycles. The van der Waals surface area contributed by atoms with Crippen molar-refractivity contribution < 1.29 is 4.39 Å². The lowest BCUT2D eigenvalue weighted by Crippen LogP contribution is -2.33. The smallest absolute Gasteiger partial charge is 0.124 e. The fraction of sp³-hybridized carbons (Fsp3) is 0.455. The van der Waals surface area contributed by atoms with Crippen LogP contribution in [0.1, 0.15) is 13.3 Å². The third-order valence-electron chi connectivity index (χ3n) is 2.61. The maximum Gasteiger partial charge on any atom is 0.124 e. The van der Waals surface area contributed by atoms with Crippen LogP contribution >= 0.6 is 11.8 Å². The number of anilines is 1. The van der Waals surface area contributed by atoms with Crippen LogP contribution in [0.3, 0.4) is 0 Å². The second-order valence-electron chi connectivity index (χ2n) is 3.81. The molecule has 3 N–H and O–H groups in total. The van der Waals surface area contributed by atoms with Crippen LogP contribution in [0.5, 0.6) is 0 Å². The van der Waals surface area contributed by atoms with Crippen molar-refractivity contribution in [2.45, 2.75) is 29.5 Å². The predicted molar refractivity (Wildman–Crippen MR) is 62.8 cm³/mol. The maximum atomic E-state index is 13.0. The van der Waals surface area contributed by atoms with Gasteiger partial charge >= 0.3 is 0 Å². The summed E-state index contributed by atoms with van der Waals surface area (Å²) in [6.07, 6.45) is 0.953. The highest BCUT2D eigenvalue weighted by Gasteiger charge is 2.24. The van der Waals surface area contributed by atoms with Crippen LogP contribution < -0.4 is 11.1 Å². The van der Waals surface area contributed by atoms with Crippen molar-refractivity contribution >= 4 is 17.4 Å². The molecule has 4 heteroatoms. The minimum absolute atomic E-state index is 0.177. The third kappa shape index (κ3) is 2.26. The molecule has 82 valence electrons. The normalized spacial score (nSPS) is 24.5. The fourth-order valence-corrected chi connectivity index (χ4v) is 3.08. The molecular formula is C11H15FN2S. The number of thioether (sulfide) groups is 1. The first-order valence-corrected chi connectivity index (χ1v) is 6.01. The Bertz CT molecular complexity index is 356. The average Bonchev–Trinajstić information content (AvgIpc) is 2.20. The van der Waals surface area contributed by atoms with Gasteiger partial charge in [-0.25, -0.2) is 4.39 Å². The molecule has 15 heavy (non-hydrogen) atoms. The molecular weight excluding hydrogens is 211 g/mol. The summed E-state index contributed by atoms with van der Waals surface area (Å²) >= 11 is 1.72. The Hall–Kier alpha value is -0.740. The summed E-state index contributed by atoms with van der Waals surface area (Å²) in [5, 5.41) is 3.81. The molecule has 2 nitrogen and oxygen atoms in total. The molecule has 0 bridgehead atoms. The zero-order valence-corrected chi connectivity index (χ0v) is 9.48. The van der Waals surface area contributed by atoms with Gasteiger partial charge in [0.05, 0.1) is 0 Å². The molecule has 1 heterocycles. The summed E-state index contributed by atoms with van der Waals surface area (Å²) in [6, 6.07) is 5.26. The number of nitrogens with one attached hydrogen (secondary N) is 1. The number of fused-ring (bicyclic) bond motifs is 1. The highest BCUT2D eigenvalue weighted by Crippen LogP contribution is 2.39. The van der Waals surface area contributed by atoms with E-state index in [1.54, 1.807) is 23.9 Å². The molecule has 0 aliphatic carbocycles. The van der Waals surface area contributed by atoms with Gasteiger partial charge in [-0.15, -0.1) is 11.8 Å². The van der Waals surface area contributed by atoms with Gasteiger partial charge in [0.1, 0.15) is 5.82 Å². The summed E-state index contributed by atoms with van der Waals surface area (Å²) in [5.41, 5.74) is 6.59. The Morgan fingerprint density at radius 3 is 3.07 bits per heavy atom. The number of hydrogen-bond acceptors (Lipinski definition) is 3. The monoisotopic (exact) mass is 226 g/mol. The minimum atomic E-state index is -0.177. The van der Waals surface area contributed by atoms with E-state index in [0.717, 1.165) is 17.0 Å². The van der Waals surface area contributed by atoms with Crippen molar-refractivity contribution in [2.75, 3.05) is 11.9 Å². The molecule has 0 fully saturated rings. The van der Waals surface area contributed by atoms with Crippen LogP contribution in [0.25, 0.3) is 0 Å². The molecule has 1 aliphatic rings. The molecule has 0 amide bonds. The highest BCUT2D eigenvalue weighted by molar-refractivity contribution is 8.00. The molecule has 0 saturated carbocycles. The highest BCUT2D eigenvalue weighted by atomic mass is 32.2. The molecule has 2 unspecified atom stereocenters. The molecule has 2 atom stereocenters. The lowest BCUT2D eigenvalue weighted by molar-refractivity contribution is 0.621. The Kier molecular flexibility index (Phi) is 3.17. The molecule has 2 rings (SSSR count). The van der Waals surface area contributed by atoms with Gasteiger partial charge in [0.15, 0.2) is 0 Å². The van der Waals surface area contributed by atoms with Crippen LogP contribution in [0.2, 0.25) is 0 Å². The molecule has 0 saturated heterocycles. The maximum absolute atomic E-state index is 13.0. The van der Waals surface area contributed by atoms with Crippen LogP contribution in [0.4, 0.5) is 10.1 Å². The van der Waals surface area contributed by atoms with Crippen LogP contribution in [0.15, 0.2) is 23.1 Å². The van der Waals surface area contributed by atoms with E-state index < -0.39 is 0 Å². The first-order chi connectivity index (χ1) is 7.20. The Morgan fingerprint density at radius 1 is 1.53 bits per heavy atom. The quantitative estimate of drug-likeness (QED) is 0.813. The van der Waals surface area contributed by atoms with Crippen molar-refractivity contribution in [2.24, 2.45) is 5.73 Å². The van der Waals surface area contributed by atoms with E-state index in [9.17, 15) is 4.39 Å². The predicted octanol–water partition coefficient (Wildman–Crippen LogP) is 2.45. The van der Waals surface area contributed by atoms with Gasteiger partial charge in [0.2, 0.25) is 0 Å². The first kappa shape index (κ1) is 10.8. The van der Waals surface area contributed by atoms with E-state index in [1.165, 1.54) is 6.07 Å². The zero-order valence-electron chi connectivity index (χ0n) is 8.66. The second kappa shape index (κ2) is 4.41. The van der Waals surface area contributed by atoms with Gasteiger partial charge in [-0.05, 0) is 38.1 Å². The third-order valence-corrected chi connectivity index (χ3v) is 4.15. The van der Waals surface area contributed by atoms with E-state index >= 15 is 0 Å². The van der Waals surface area contributed by atoms with E-state index in [2.05, 4.69) is 12.2 Å². The lowest BCUT2D eigenvalue weighted by Gasteiger charge is -2.31. The van der Waals surface area contributed by atoms with Crippen molar-refractivity contribution in [3.8, 4) is 0 Å². The van der Waals surface area contributed by atoms with Crippen molar-refractivity contribution in [3.05, 3.63) is 24.0 Å². The van der Waals surface area contributed by atoms with Crippen LogP contribution in [-0.2, 0) is 0 Å². The summed E-state index contributed by atoms with van der Waals surface area (Å²) < 4.78 is 13.0. The molecule has 0 spiro atoms. The standard InChI is InChI=1S/C11H15FN2S/c1-7-10(4-5-13)15-11-6-8(12)2-3-9(11)14-7/h2-3,6-7,10,14H,4-5,13H2,1H3. The molecule has 0 aromatic heterocycles. The Labute approximate surface area is 93.4 Å². The lowest BCUT2D eigenvalue weighted by atomic mass is 10.1. The van der Waals surface area contributed by atoms with Gasteiger partial charge in [-0.3, -0.25) is 0 Å². The SMILES string of the molecule is CC1Nc2ccc(F)cc2SC1CCN. The largest absolute Gasteiger partial charge is 0.381 e. The van der Waals surface area contributed by atoms with E-state index in [0.29, 0.717) is 17.8 Å². The summed E-state index contributed by atoms with van der Waals surface area (Å²) in [5.74, 6) is -0.177. The Morgan fingerprint density at radius 2 is 2.33 bits per heavy atom. The summed E-state index contributed by atoms with van der Waals surface area (Å²) in [7, 11) is 0. The zero-order chi connectivity index (χ0) is 10.8.